The second-order valence-corrected chi connectivity index (χ2v) is 25.7. The van der Waals surface area contributed by atoms with Crippen LogP contribution in [-0.2, 0) is 26.5 Å². The molecule has 4 aromatic heterocycles. The molecule has 1 radical (unpaired) electrons. The van der Waals surface area contributed by atoms with Crippen molar-refractivity contribution in [3.63, 3.8) is 0 Å². The smallest absolute Gasteiger partial charge is 0 e. The second-order valence-electron chi connectivity index (χ2n) is 14.1. The van der Waals surface area contributed by atoms with Crippen LogP contribution in [0.1, 0.15) is 83.8 Å². The van der Waals surface area contributed by atoms with Crippen molar-refractivity contribution in [2.75, 3.05) is 0 Å². The Hall–Kier alpha value is -2.70. The Balaban J connectivity index is 0.000000222. The largest absolute Gasteiger partial charge is 0 e. The summed E-state index contributed by atoms with van der Waals surface area (Å²) < 4.78 is 51.4. The SMILES string of the molecule is [2H]C([2H])([2H])c1ccc2c(n1)sc1c(-c3cc(C([2H])(C)C4CCCCC4)ccn3)[c-]ccc12.[2H]C([2H])(c1cc(-c2[c-]cccc2)nc[c]1[Ge]([CH3])([CH3])[CH3])C(C)C.[Ir]. The molecule has 1 saturated carbocycles. The summed E-state index contributed by atoms with van der Waals surface area (Å²) in [7, 11) is 0. The zero-order valence-electron chi connectivity index (χ0n) is 35.3. The van der Waals surface area contributed by atoms with Crippen LogP contribution >= 0.6 is 11.3 Å². The number of rotatable bonds is 7. The second kappa shape index (κ2) is 16.5. The monoisotopic (exact) mass is 912 g/mol. The van der Waals surface area contributed by atoms with Gasteiger partial charge in [0.05, 0.1) is 0 Å². The van der Waals surface area contributed by atoms with E-state index in [4.69, 9.17) is 8.22 Å². The van der Waals surface area contributed by atoms with Crippen LogP contribution in [0, 0.1) is 30.8 Å². The summed E-state index contributed by atoms with van der Waals surface area (Å²) in [5.74, 6) is 6.48. The third-order valence-corrected chi connectivity index (χ3v) is 14.5. The number of aryl methyl sites for hydroxylation is 1. The van der Waals surface area contributed by atoms with E-state index in [2.05, 4.69) is 44.4 Å². The molecule has 3 nitrogen and oxygen atoms in total. The maximum Gasteiger partial charge on any atom is 0 e. The molecular formula is C43H49GeIrN3S-2. The maximum atomic E-state index is 9.16. The average molecular weight is 911 g/mol. The topological polar surface area (TPSA) is 38.7 Å². The first kappa shape index (κ1) is 30.0. The molecule has 49 heavy (non-hydrogen) atoms. The van der Waals surface area contributed by atoms with Gasteiger partial charge in [-0.25, -0.2) is 4.98 Å². The summed E-state index contributed by atoms with van der Waals surface area (Å²) in [6.07, 6.45) is 8.25. The average Bonchev–Trinajstić information content (AvgIpc) is 3.53. The predicted octanol–water partition coefficient (Wildman–Crippen LogP) is 11.6. The number of thiophene rings is 1. The van der Waals surface area contributed by atoms with Crippen LogP contribution in [0.3, 0.4) is 0 Å². The molecule has 1 fully saturated rings. The van der Waals surface area contributed by atoms with E-state index in [-0.39, 0.29) is 31.7 Å². The van der Waals surface area contributed by atoms with Gasteiger partial charge in [0, 0.05) is 37.5 Å². The quantitative estimate of drug-likeness (QED) is 0.118. The molecule has 0 N–H and O–H groups in total. The zero-order valence-corrected chi connectivity index (χ0v) is 34.6. The molecule has 0 aliphatic heterocycles. The standard InChI is InChI=1S/C25H25N2S.C18H24GeN.Ir/c1-16-11-12-21-20-9-6-10-22(24(20)28-25(21)27-16)23-15-19(13-14-26-23)17(2)18-7-4-3-5-8-18;1-14(2)11-16-12-18(15-9-7-6-8-10-15)20-13-17(16)19(3,4)5;/h6,9,11-15,17-18H,3-5,7-8H2,1-2H3;6-9,12-14H,11H2,1-5H3;/q2*-1;/i1D3,17D;11D2;. The molecule has 1 aliphatic carbocycles. The van der Waals surface area contributed by atoms with E-state index in [1.54, 1.807) is 12.3 Å². The van der Waals surface area contributed by atoms with Crippen molar-refractivity contribution in [1.82, 2.24) is 15.0 Å². The van der Waals surface area contributed by atoms with E-state index < -0.39 is 32.4 Å². The van der Waals surface area contributed by atoms with Crippen molar-refractivity contribution < 1.29 is 28.3 Å². The number of pyridine rings is 3. The summed E-state index contributed by atoms with van der Waals surface area (Å²) in [5, 5.41) is 1.97. The van der Waals surface area contributed by atoms with E-state index in [9.17, 15) is 0 Å². The van der Waals surface area contributed by atoms with Crippen molar-refractivity contribution in [1.29, 1.82) is 0 Å². The molecule has 0 spiro atoms. The molecule has 257 valence electrons. The van der Waals surface area contributed by atoms with Crippen molar-refractivity contribution in [2.24, 2.45) is 11.8 Å². The van der Waals surface area contributed by atoms with Gasteiger partial charge in [-0.05, 0) is 59.4 Å². The van der Waals surface area contributed by atoms with E-state index in [1.165, 1.54) is 30.6 Å². The minimum atomic E-state index is -2.23. The number of benzene rings is 2. The molecule has 1 unspecified atom stereocenters. The van der Waals surface area contributed by atoms with Crippen LogP contribution in [-0.4, -0.2) is 28.2 Å². The van der Waals surface area contributed by atoms with Crippen molar-refractivity contribution >= 4 is 49.3 Å². The molecule has 7 rings (SSSR count). The Kier molecular flexibility index (Phi) is 10.1. The van der Waals surface area contributed by atoms with Gasteiger partial charge in [0.25, 0.3) is 0 Å². The summed E-state index contributed by atoms with van der Waals surface area (Å²) in [6.45, 7) is 3.68. The van der Waals surface area contributed by atoms with Crippen molar-refractivity contribution in [3.05, 3.63) is 108 Å². The number of fused-ring (bicyclic) bond motifs is 3. The number of hydrogen-bond donors (Lipinski definition) is 0. The van der Waals surface area contributed by atoms with E-state index in [0.29, 0.717) is 10.7 Å². The Labute approximate surface area is 322 Å². The molecule has 4 heterocycles. The third kappa shape index (κ3) is 8.97. The zero-order chi connectivity index (χ0) is 39.1. The molecule has 1 aliphatic rings. The van der Waals surface area contributed by atoms with Gasteiger partial charge in [-0.15, -0.1) is 23.8 Å². The molecule has 6 heteroatoms. The van der Waals surface area contributed by atoms with Gasteiger partial charge in [0.2, 0.25) is 0 Å². The van der Waals surface area contributed by atoms with Crippen LogP contribution in [0.15, 0.2) is 79.1 Å². The Morgan fingerprint density at radius 1 is 0.939 bits per heavy atom. The Morgan fingerprint density at radius 3 is 2.47 bits per heavy atom. The predicted molar refractivity (Wildman–Crippen MR) is 209 cm³/mol. The normalized spacial score (nSPS) is 17.4. The fraction of sp³-hybridized carbons (Fsp3) is 0.372. The third-order valence-electron chi connectivity index (χ3n) is 9.13. The molecule has 0 saturated heterocycles. The summed E-state index contributed by atoms with van der Waals surface area (Å²) in [5.41, 5.74) is 5.31. The van der Waals surface area contributed by atoms with Gasteiger partial charge in [0.1, 0.15) is 4.83 Å². The summed E-state index contributed by atoms with van der Waals surface area (Å²) >= 11 is -0.727. The van der Waals surface area contributed by atoms with Crippen LogP contribution in [0.25, 0.3) is 42.8 Å². The molecule has 0 amide bonds. The van der Waals surface area contributed by atoms with E-state index in [1.807, 2.05) is 87.6 Å². The van der Waals surface area contributed by atoms with Crippen LogP contribution in [0.2, 0.25) is 17.3 Å². The van der Waals surface area contributed by atoms with Crippen molar-refractivity contribution in [2.45, 2.75) is 89.3 Å². The number of hydrogen-bond acceptors (Lipinski definition) is 4. The molecule has 2 aromatic carbocycles. The van der Waals surface area contributed by atoms with Gasteiger partial charge in [-0.2, -0.15) is 11.3 Å². The fourth-order valence-electron chi connectivity index (χ4n) is 6.58. The van der Waals surface area contributed by atoms with Gasteiger partial charge >= 0.3 is 128 Å². The first-order valence-electron chi connectivity index (χ1n) is 20.1. The Morgan fingerprint density at radius 2 is 1.76 bits per heavy atom. The molecule has 6 aromatic rings. The van der Waals surface area contributed by atoms with Gasteiger partial charge < -0.3 is 4.98 Å². The maximum absolute atomic E-state index is 9.16. The molecular weight excluding hydrogens is 855 g/mol. The minimum absolute atomic E-state index is 0. The first-order chi connectivity index (χ1) is 25.4. The van der Waals surface area contributed by atoms with Crippen LogP contribution in [0.4, 0.5) is 0 Å². The fourth-order valence-corrected chi connectivity index (χ4v) is 10.7. The van der Waals surface area contributed by atoms with Gasteiger partial charge in [-0.3, -0.25) is 0 Å². The molecule has 0 bridgehead atoms. The van der Waals surface area contributed by atoms with Crippen LogP contribution < -0.4 is 4.40 Å². The summed E-state index contributed by atoms with van der Waals surface area (Å²) in [4.78, 5) is 14.4. The molecule has 1 atom stereocenters. The van der Waals surface area contributed by atoms with Gasteiger partial charge in [0.15, 0.2) is 0 Å². The van der Waals surface area contributed by atoms with Crippen molar-refractivity contribution in [3.8, 4) is 22.5 Å². The number of aromatic nitrogens is 3. The number of nitrogens with zero attached hydrogens (tertiary/aromatic N) is 3. The minimum Gasteiger partial charge on any atom is 0 e. The Bertz CT molecular complexity index is 2240. The van der Waals surface area contributed by atoms with E-state index >= 15 is 0 Å². The first-order valence-corrected chi connectivity index (χ1v) is 25.2. The van der Waals surface area contributed by atoms with E-state index in [0.717, 1.165) is 66.4 Å². The van der Waals surface area contributed by atoms with Gasteiger partial charge in [-0.1, -0.05) is 49.3 Å². The van der Waals surface area contributed by atoms with Crippen LogP contribution in [0.5, 0.6) is 0 Å². The summed E-state index contributed by atoms with van der Waals surface area (Å²) in [6, 6.07) is 27.5.